The first-order valence-electron chi connectivity index (χ1n) is 9.14. The van der Waals surface area contributed by atoms with Gasteiger partial charge in [0.15, 0.2) is 11.5 Å². The molecule has 2 aromatic carbocycles. The van der Waals surface area contributed by atoms with Gasteiger partial charge in [-0.15, -0.1) is 0 Å². The molecule has 0 saturated heterocycles. The first kappa shape index (κ1) is 17.9. The number of nitrogens with one attached hydrogen (secondary N) is 1. The van der Waals surface area contributed by atoms with Crippen molar-refractivity contribution >= 4 is 23.0 Å². The highest BCUT2D eigenvalue weighted by Gasteiger charge is 2.18. The van der Waals surface area contributed by atoms with Crippen LogP contribution in [0.15, 0.2) is 60.9 Å². The van der Waals surface area contributed by atoms with Crippen molar-refractivity contribution in [3.63, 3.8) is 0 Å². The maximum atomic E-state index is 13.1. The molecule has 0 radical (unpaired) electrons. The maximum absolute atomic E-state index is 13.1. The van der Waals surface area contributed by atoms with E-state index in [0.29, 0.717) is 17.9 Å². The fraction of sp³-hybridized carbons (Fsp3) is 0.182. The monoisotopic (exact) mass is 375 g/mol. The van der Waals surface area contributed by atoms with E-state index in [0.717, 1.165) is 28.4 Å². The maximum Gasteiger partial charge on any atom is 0.259 e. The Balaban J connectivity index is 1.56. The van der Waals surface area contributed by atoms with Gasteiger partial charge in [0.2, 0.25) is 6.79 Å². The molecule has 1 aromatic heterocycles. The van der Waals surface area contributed by atoms with Crippen LogP contribution in [-0.4, -0.2) is 24.2 Å². The normalized spacial score (nSPS) is 11.9. The van der Waals surface area contributed by atoms with E-state index in [9.17, 15) is 4.79 Å². The minimum atomic E-state index is -0.0880. The molecule has 28 heavy (non-hydrogen) atoms. The van der Waals surface area contributed by atoms with Crippen LogP contribution in [0, 0.1) is 6.92 Å². The molecule has 0 saturated carbocycles. The number of carbonyl (C=O) groups is 1. The van der Waals surface area contributed by atoms with Crippen LogP contribution < -0.4 is 19.7 Å². The average Bonchev–Trinajstić information content (AvgIpc) is 3.17. The smallest absolute Gasteiger partial charge is 0.259 e. The summed E-state index contributed by atoms with van der Waals surface area (Å²) in [5, 5.41) is 3.27. The number of nitrogens with zero attached hydrogens (tertiary/aromatic N) is 2. The highest BCUT2D eigenvalue weighted by atomic mass is 16.7. The van der Waals surface area contributed by atoms with E-state index in [1.807, 2.05) is 56.3 Å². The molecule has 0 aliphatic carbocycles. The predicted molar refractivity (Wildman–Crippen MR) is 109 cm³/mol. The molecule has 2 heterocycles. The van der Waals surface area contributed by atoms with Gasteiger partial charge in [0, 0.05) is 30.2 Å². The molecule has 0 unspecified atom stereocenters. The summed E-state index contributed by atoms with van der Waals surface area (Å²) in [6.07, 6.45) is 3.27. The summed E-state index contributed by atoms with van der Waals surface area (Å²) in [6.45, 7) is 4.78. The second-order valence-electron chi connectivity index (χ2n) is 6.54. The number of rotatable bonds is 5. The zero-order valence-corrected chi connectivity index (χ0v) is 15.8. The molecular formula is C22H21N3O3. The summed E-state index contributed by atoms with van der Waals surface area (Å²) >= 11 is 0. The number of anilines is 3. The van der Waals surface area contributed by atoms with E-state index in [4.69, 9.17) is 9.47 Å². The summed E-state index contributed by atoms with van der Waals surface area (Å²) in [6, 6.07) is 15.3. The Labute approximate surface area is 163 Å². The van der Waals surface area contributed by atoms with Gasteiger partial charge in [-0.05, 0) is 49.7 Å². The fourth-order valence-electron chi connectivity index (χ4n) is 3.16. The van der Waals surface area contributed by atoms with Crippen molar-refractivity contribution in [1.82, 2.24) is 4.98 Å². The van der Waals surface area contributed by atoms with Crippen LogP contribution >= 0.6 is 0 Å². The fourth-order valence-corrected chi connectivity index (χ4v) is 3.16. The second-order valence-corrected chi connectivity index (χ2v) is 6.54. The van der Waals surface area contributed by atoms with Gasteiger partial charge in [-0.2, -0.15) is 0 Å². The number of aromatic nitrogens is 1. The van der Waals surface area contributed by atoms with Crippen molar-refractivity contribution in [2.45, 2.75) is 13.8 Å². The molecule has 0 spiro atoms. The van der Waals surface area contributed by atoms with E-state index >= 15 is 0 Å². The number of ether oxygens (including phenoxy) is 2. The Hall–Kier alpha value is -3.54. The molecule has 0 bridgehead atoms. The molecule has 6 heteroatoms. The zero-order valence-electron chi connectivity index (χ0n) is 15.8. The lowest BCUT2D eigenvalue weighted by Gasteiger charge is -2.21. The van der Waals surface area contributed by atoms with Gasteiger partial charge in [0.1, 0.15) is 0 Å². The van der Waals surface area contributed by atoms with Crippen LogP contribution in [0.4, 0.5) is 17.1 Å². The van der Waals surface area contributed by atoms with Crippen LogP contribution in [0.3, 0.4) is 0 Å². The summed E-state index contributed by atoms with van der Waals surface area (Å²) < 4.78 is 10.7. The lowest BCUT2D eigenvalue weighted by Crippen LogP contribution is -2.30. The number of fused-ring (bicyclic) bond motifs is 1. The number of carbonyl (C=O) groups excluding carboxylic acids is 1. The van der Waals surface area contributed by atoms with Crippen molar-refractivity contribution in [2.24, 2.45) is 0 Å². The SMILES string of the molecule is CCN(C(=O)c1cncc(Nc2ccc3c(c2)OCO3)c1)c1cccc(C)c1. The lowest BCUT2D eigenvalue weighted by atomic mass is 10.1. The first-order chi connectivity index (χ1) is 13.6. The summed E-state index contributed by atoms with van der Waals surface area (Å²) in [7, 11) is 0. The number of hydrogen-bond donors (Lipinski definition) is 1. The molecule has 3 aromatic rings. The van der Waals surface area contributed by atoms with Crippen molar-refractivity contribution in [2.75, 3.05) is 23.6 Å². The number of hydrogen-bond acceptors (Lipinski definition) is 5. The summed E-state index contributed by atoms with van der Waals surface area (Å²) in [5.41, 5.74) is 4.07. The molecule has 1 amide bonds. The Morgan fingerprint density at radius 2 is 1.93 bits per heavy atom. The minimum absolute atomic E-state index is 0.0880. The van der Waals surface area contributed by atoms with Crippen LogP contribution in [-0.2, 0) is 0 Å². The predicted octanol–water partition coefficient (Wildman–Crippen LogP) is 4.53. The van der Waals surface area contributed by atoms with E-state index in [1.165, 1.54) is 0 Å². The van der Waals surface area contributed by atoms with Crippen LogP contribution in [0.25, 0.3) is 0 Å². The van der Waals surface area contributed by atoms with Crippen LogP contribution in [0.5, 0.6) is 11.5 Å². The third-order valence-electron chi connectivity index (χ3n) is 4.52. The van der Waals surface area contributed by atoms with Gasteiger partial charge in [0.25, 0.3) is 5.91 Å². The number of pyridine rings is 1. The Morgan fingerprint density at radius 3 is 2.75 bits per heavy atom. The van der Waals surface area contributed by atoms with Crippen molar-refractivity contribution in [3.8, 4) is 11.5 Å². The highest BCUT2D eigenvalue weighted by Crippen LogP contribution is 2.35. The summed E-state index contributed by atoms with van der Waals surface area (Å²) in [5.74, 6) is 1.33. The molecule has 1 aliphatic rings. The van der Waals surface area contributed by atoms with Crippen LogP contribution in [0.2, 0.25) is 0 Å². The van der Waals surface area contributed by atoms with Crippen molar-refractivity contribution in [3.05, 3.63) is 72.1 Å². The Kier molecular flexibility index (Phi) is 4.85. The molecule has 6 nitrogen and oxygen atoms in total. The van der Waals surface area contributed by atoms with E-state index < -0.39 is 0 Å². The third kappa shape index (κ3) is 3.62. The van der Waals surface area contributed by atoms with Crippen LogP contribution in [0.1, 0.15) is 22.8 Å². The van der Waals surface area contributed by atoms with Gasteiger partial charge in [0.05, 0.1) is 17.4 Å². The quantitative estimate of drug-likeness (QED) is 0.710. The highest BCUT2D eigenvalue weighted by molar-refractivity contribution is 6.06. The lowest BCUT2D eigenvalue weighted by molar-refractivity contribution is 0.0988. The van der Waals surface area contributed by atoms with Gasteiger partial charge in [-0.3, -0.25) is 9.78 Å². The second kappa shape index (κ2) is 7.60. The molecule has 142 valence electrons. The summed E-state index contributed by atoms with van der Waals surface area (Å²) in [4.78, 5) is 19.0. The van der Waals surface area contributed by atoms with E-state index in [2.05, 4.69) is 10.3 Å². The molecule has 0 atom stereocenters. The van der Waals surface area contributed by atoms with Crippen molar-refractivity contribution in [1.29, 1.82) is 0 Å². The van der Waals surface area contributed by atoms with Gasteiger partial charge in [-0.1, -0.05) is 12.1 Å². The van der Waals surface area contributed by atoms with E-state index in [1.54, 1.807) is 23.4 Å². The van der Waals surface area contributed by atoms with E-state index in [-0.39, 0.29) is 12.7 Å². The average molecular weight is 375 g/mol. The number of aryl methyl sites for hydroxylation is 1. The Bertz CT molecular complexity index is 1020. The minimum Gasteiger partial charge on any atom is -0.454 e. The molecule has 1 aliphatic heterocycles. The Morgan fingerprint density at radius 1 is 1.07 bits per heavy atom. The zero-order chi connectivity index (χ0) is 19.5. The van der Waals surface area contributed by atoms with Crippen molar-refractivity contribution < 1.29 is 14.3 Å². The third-order valence-corrected chi connectivity index (χ3v) is 4.52. The van der Waals surface area contributed by atoms with Gasteiger partial charge < -0.3 is 19.7 Å². The molecular weight excluding hydrogens is 354 g/mol. The first-order valence-corrected chi connectivity index (χ1v) is 9.14. The molecule has 1 N–H and O–H groups in total. The number of amides is 1. The molecule has 0 fully saturated rings. The topological polar surface area (TPSA) is 63.7 Å². The number of benzene rings is 2. The standard InChI is InChI=1S/C22H21N3O3/c1-3-25(19-6-4-5-15(2)9-19)22(26)16-10-18(13-23-12-16)24-17-7-8-20-21(11-17)28-14-27-20/h4-13,24H,3,14H2,1-2H3. The largest absolute Gasteiger partial charge is 0.454 e. The van der Waals surface area contributed by atoms with Gasteiger partial charge >= 0.3 is 0 Å². The van der Waals surface area contributed by atoms with Gasteiger partial charge in [-0.25, -0.2) is 0 Å². The molecule has 4 rings (SSSR count).